The van der Waals surface area contributed by atoms with Gasteiger partial charge in [-0.15, -0.1) is 0 Å². The molecule has 152 valence electrons. The van der Waals surface area contributed by atoms with E-state index in [-0.39, 0.29) is 12.7 Å². The molecule has 1 saturated heterocycles. The van der Waals surface area contributed by atoms with Crippen molar-refractivity contribution in [3.8, 4) is 11.5 Å². The summed E-state index contributed by atoms with van der Waals surface area (Å²) in [7, 11) is 3.59. The molecule has 0 saturated carbocycles. The van der Waals surface area contributed by atoms with Crippen LogP contribution in [0.2, 0.25) is 0 Å². The van der Waals surface area contributed by atoms with E-state index in [1.807, 2.05) is 43.4 Å². The third-order valence-electron chi connectivity index (χ3n) is 4.82. The molecule has 1 aliphatic heterocycles. The molecule has 0 radical (unpaired) electrons. The van der Waals surface area contributed by atoms with Crippen molar-refractivity contribution >= 4 is 0 Å². The monoisotopic (exact) mass is 386 g/mol. The standard InChI is InChI=1S/C22H30N2O4/c1-23(11-17-6-4-3-5-7-17)13-20(26)16-28-22-10-18(8-9-21(22)27-2)12-24-14-19(25)15-24/h3-10,19-20,25-26H,11-16H2,1-2H3/t20-/m1/s1. The van der Waals surface area contributed by atoms with E-state index in [1.165, 1.54) is 5.56 Å². The second-order valence-electron chi connectivity index (χ2n) is 7.48. The quantitative estimate of drug-likeness (QED) is 0.649. The van der Waals surface area contributed by atoms with Crippen molar-refractivity contribution in [2.45, 2.75) is 25.3 Å². The normalized spacial score (nSPS) is 16.0. The molecule has 1 atom stereocenters. The summed E-state index contributed by atoms with van der Waals surface area (Å²) in [6.07, 6.45) is -0.815. The van der Waals surface area contributed by atoms with Crippen LogP contribution in [0.5, 0.6) is 11.5 Å². The van der Waals surface area contributed by atoms with E-state index in [1.54, 1.807) is 7.11 Å². The van der Waals surface area contributed by atoms with Gasteiger partial charge in [0.2, 0.25) is 0 Å². The average Bonchev–Trinajstić information content (AvgIpc) is 2.66. The van der Waals surface area contributed by atoms with Gasteiger partial charge in [0.05, 0.1) is 13.2 Å². The van der Waals surface area contributed by atoms with Gasteiger partial charge >= 0.3 is 0 Å². The van der Waals surface area contributed by atoms with Crippen LogP contribution in [-0.2, 0) is 13.1 Å². The van der Waals surface area contributed by atoms with Gasteiger partial charge in [0, 0.05) is 32.7 Å². The van der Waals surface area contributed by atoms with Crippen molar-refractivity contribution in [3.05, 3.63) is 59.7 Å². The fourth-order valence-corrected chi connectivity index (χ4v) is 3.42. The molecule has 2 aromatic carbocycles. The fraction of sp³-hybridized carbons (Fsp3) is 0.455. The molecular formula is C22H30N2O4. The lowest BCUT2D eigenvalue weighted by Gasteiger charge is -2.35. The summed E-state index contributed by atoms with van der Waals surface area (Å²) in [6, 6.07) is 16.0. The van der Waals surface area contributed by atoms with E-state index in [0.29, 0.717) is 31.1 Å². The molecule has 6 nitrogen and oxygen atoms in total. The van der Waals surface area contributed by atoms with Crippen molar-refractivity contribution in [1.29, 1.82) is 0 Å². The number of aliphatic hydroxyl groups excluding tert-OH is 2. The Morgan fingerprint density at radius 2 is 1.86 bits per heavy atom. The van der Waals surface area contributed by atoms with E-state index in [9.17, 15) is 10.2 Å². The number of hydrogen-bond acceptors (Lipinski definition) is 6. The zero-order valence-electron chi connectivity index (χ0n) is 16.6. The predicted octanol–water partition coefficient (Wildman–Crippen LogP) is 1.74. The number of rotatable bonds is 10. The maximum Gasteiger partial charge on any atom is 0.161 e. The number of likely N-dealkylation sites (N-methyl/N-ethyl adjacent to an activating group) is 1. The number of benzene rings is 2. The molecule has 0 aromatic heterocycles. The summed E-state index contributed by atoms with van der Waals surface area (Å²) in [4.78, 5) is 4.25. The van der Waals surface area contributed by atoms with E-state index in [2.05, 4.69) is 21.9 Å². The van der Waals surface area contributed by atoms with Crippen LogP contribution in [0.15, 0.2) is 48.5 Å². The van der Waals surface area contributed by atoms with Crippen LogP contribution < -0.4 is 9.47 Å². The van der Waals surface area contributed by atoms with Gasteiger partial charge in [0.15, 0.2) is 11.5 Å². The Balaban J connectivity index is 1.50. The highest BCUT2D eigenvalue weighted by Crippen LogP contribution is 2.29. The van der Waals surface area contributed by atoms with Gasteiger partial charge in [-0.2, -0.15) is 0 Å². The van der Waals surface area contributed by atoms with Crippen LogP contribution in [0.1, 0.15) is 11.1 Å². The molecule has 2 N–H and O–H groups in total. The van der Waals surface area contributed by atoms with Gasteiger partial charge in [-0.1, -0.05) is 36.4 Å². The highest BCUT2D eigenvalue weighted by Gasteiger charge is 2.24. The lowest BCUT2D eigenvalue weighted by Crippen LogP contribution is -2.49. The lowest BCUT2D eigenvalue weighted by atomic mass is 10.1. The zero-order valence-corrected chi connectivity index (χ0v) is 16.6. The maximum atomic E-state index is 10.4. The van der Waals surface area contributed by atoms with Crippen LogP contribution >= 0.6 is 0 Å². The first-order valence-electron chi connectivity index (χ1n) is 9.64. The zero-order chi connectivity index (χ0) is 19.9. The number of likely N-dealkylation sites (tertiary alicyclic amines) is 1. The Bertz CT molecular complexity index is 735. The molecule has 1 heterocycles. The minimum absolute atomic E-state index is 0.196. The molecule has 0 aliphatic carbocycles. The van der Waals surface area contributed by atoms with E-state index in [0.717, 1.165) is 18.7 Å². The number of nitrogens with zero attached hydrogens (tertiary/aromatic N) is 2. The smallest absolute Gasteiger partial charge is 0.161 e. The number of ether oxygens (including phenoxy) is 2. The molecule has 6 heteroatoms. The van der Waals surface area contributed by atoms with Crippen molar-refractivity contribution in [2.75, 3.05) is 40.4 Å². The molecule has 1 aliphatic rings. The van der Waals surface area contributed by atoms with E-state index in [4.69, 9.17) is 9.47 Å². The molecular weight excluding hydrogens is 356 g/mol. The Labute approximate surface area is 166 Å². The third-order valence-corrected chi connectivity index (χ3v) is 4.82. The Kier molecular flexibility index (Phi) is 7.28. The predicted molar refractivity (Wildman–Crippen MR) is 109 cm³/mol. The number of aliphatic hydroxyl groups is 2. The van der Waals surface area contributed by atoms with Crippen LogP contribution in [0.25, 0.3) is 0 Å². The number of methoxy groups -OCH3 is 1. The Morgan fingerprint density at radius 3 is 2.54 bits per heavy atom. The molecule has 1 fully saturated rings. The largest absolute Gasteiger partial charge is 0.493 e. The fourth-order valence-electron chi connectivity index (χ4n) is 3.42. The Hall–Kier alpha value is -2.12. The third kappa shape index (κ3) is 5.94. The lowest BCUT2D eigenvalue weighted by molar-refractivity contribution is -0.00293. The van der Waals surface area contributed by atoms with Gasteiger partial charge in [0.25, 0.3) is 0 Å². The summed E-state index contributed by atoms with van der Waals surface area (Å²) in [6.45, 7) is 3.66. The van der Waals surface area contributed by atoms with Crippen LogP contribution in [0, 0.1) is 0 Å². The second-order valence-corrected chi connectivity index (χ2v) is 7.48. The summed E-state index contributed by atoms with van der Waals surface area (Å²) in [5.41, 5.74) is 2.31. The minimum atomic E-state index is -0.604. The summed E-state index contributed by atoms with van der Waals surface area (Å²) in [5.74, 6) is 1.28. The topological polar surface area (TPSA) is 65.4 Å². The molecule has 28 heavy (non-hydrogen) atoms. The van der Waals surface area contributed by atoms with Crippen LogP contribution in [0.4, 0.5) is 0 Å². The summed E-state index contributed by atoms with van der Waals surface area (Å²) >= 11 is 0. The van der Waals surface area contributed by atoms with Crippen molar-refractivity contribution in [1.82, 2.24) is 9.80 Å². The Morgan fingerprint density at radius 1 is 1.11 bits per heavy atom. The molecule has 0 amide bonds. The van der Waals surface area contributed by atoms with Gasteiger partial charge in [-0.25, -0.2) is 0 Å². The molecule has 2 aromatic rings. The number of hydrogen-bond donors (Lipinski definition) is 2. The first-order valence-corrected chi connectivity index (χ1v) is 9.64. The van der Waals surface area contributed by atoms with Gasteiger partial charge in [0.1, 0.15) is 12.7 Å². The summed E-state index contributed by atoms with van der Waals surface area (Å²) < 4.78 is 11.3. The second kappa shape index (κ2) is 9.89. The van der Waals surface area contributed by atoms with Crippen LogP contribution in [-0.4, -0.2) is 72.6 Å². The van der Waals surface area contributed by atoms with Crippen LogP contribution in [0.3, 0.4) is 0 Å². The van der Waals surface area contributed by atoms with Crippen molar-refractivity contribution in [2.24, 2.45) is 0 Å². The summed E-state index contributed by atoms with van der Waals surface area (Å²) in [5, 5.41) is 19.8. The van der Waals surface area contributed by atoms with Gasteiger partial charge in [-0.05, 0) is 30.3 Å². The van der Waals surface area contributed by atoms with Crippen molar-refractivity contribution < 1.29 is 19.7 Å². The molecule has 0 unspecified atom stereocenters. The van der Waals surface area contributed by atoms with Gasteiger partial charge < -0.3 is 19.7 Å². The molecule has 0 bridgehead atoms. The van der Waals surface area contributed by atoms with E-state index >= 15 is 0 Å². The van der Waals surface area contributed by atoms with E-state index < -0.39 is 6.10 Å². The van der Waals surface area contributed by atoms with Crippen molar-refractivity contribution in [3.63, 3.8) is 0 Å². The molecule has 3 rings (SSSR count). The molecule has 0 spiro atoms. The first kappa shape index (κ1) is 20.6. The minimum Gasteiger partial charge on any atom is -0.493 e. The first-order chi connectivity index (χ1) is 13.5. The average molecular weight is 386 g/mol. The highest BCUT2D eigenvalue weighted by atomic mass is 16.5. The highest BCUT2D eigenvalue weighted by molar-refractivity contribution is 5.43. The maximum absolute atomic E-state index is 10.4. The SMILES string of the molecule is COc1ccc(CN2CC(O)C2)cc1OC[C@H](O)CN(C)Cc1ccccc1. The van der Waals surface area contributed by atoms with Gasteiger partial charge in [-0.3, -0.25) is 9.80 Å². The number of β-amino-alcohol motifs (C(OH)–C–C–N with tert-alkyl or cyclic N) is 1.